The molecule has 1 amide bonds. The molecule has 3 aromatic carbocycles. The summed E-state index contributed by atoms with van der Waals surface area (Å²) in [5.41, 5.74) is 3.71. The minimum atomic E-state index is -0.234. The Hall–Kier alpha value is -4.82. The fraction of sp³-hybridized carbons (Fsp3) is 0.310. The van der Waals surface area contributed by atoms with E-state index in [1.165, 1.54) is 4.68 Å². The topological polar surface area (TPSA) is 115 Å². The highest BCUT2D eigenvalue weighted by molar-refractivity contribution is 5.88. The predicted octanol–water partition coefficient (Wildman–Crippen LogP) is 3.22. The van der Waals surface area contributed by atoms with Crippen molar-refractivity contribution in [1.82, 2.24) is 24.8 Å². The average molecular weight is 539 g/mol. The molecule has 0 spiro atoms. The standard InChI is InChI=1S/C29H26N6O5/c30-18-19-1-4-23-22(15-19)31-32-35(23)29(36)34-9-7-33(8-10-34)28(20-2-5-24-26(16-20)39-13-11-37-24)21-3-6-25-27(17-21)40-14-12-38-25/h1-6,15-17,28H,7-14H2. The van der Waals surface area contributed by atoms with Crippen molar-refractivity contribution >= 4 is 17.1 Å². The number of rotatable bonds is 3. The monoisotopic (exact) mass is 538 g/mol. The second-order valence-electron chi connectivity index (χ2n) is 9.83. The van der Waals surface area contributed by atoms with E-state index in [0.29, 0.717) is 69.2 Å². The first-order valence-electron chi connectivity index (χ1n) is 13.3. The molecule has 4 aromatic rings. The Balaban J connectivity index is 1.16. The van der Waals surface area contributed by atoms with Crippen LogP contribution >= 0.6 is 0 Å². The average Bonchev–Trinajstić information content (AvgIpc) is 3.44. The zero-order valence-corrected chi connectivity index (χ0v) is 21.7. The maximum atomic E-state index is 13.4. The fourth-order valence-corrected chi connectivity index (χ4v) is 5.51. The number of carbonyl (C=O) groups is 1. The third kappa shape index (κ3) is 4.32. The van der Waals surface area contributed by atoms with Crippen LogP contribution in [-0.4, -0.2) is 83.4 Å². The third-order valence-electron chi connectivity index (χ3n) is 7.47. The molecule has 40 heavy (non-hydrogen) atoms. The second-order valence-corrected chi connectivity index (χ2v) is 9.83. The summed E-state index contributed by atoms with van der Waals surface area (Å²) in [7, 11) is 0. The number of fused-ring (bicyclic) bond motifs is 3. The number of piperazine rings is 1. The molecule has 1 aromatic heterocycles. The maximum Gasteiger partial charge on any atom is 0.346 e. The number of ether oxygens (including phenoxy) is 4. The van der Waals surface area contributed by atoms with Gasteiger partial charge in [0.05, 0.1) is 23.2 Å². The number of amides is 1. The molecule has 4 heterocycles. The van der Waals surface area contributed by atoms with Crippen LogP contribution in [0, 0.1) is 11.3 Å². The Morgan fingerprint density at radius 2 is 1.38 bits per heavy atom. The Morgan fingerprint density at radius 1 is 0.775 bits per heavy atom. The number of nitrogens with zero attached hydrogens (tertiary/aromatic N) is 6. The normalized spacial score (nSPS) is 16.6. The van der Waals surface area contributed by atoms with Crippen LogP contribution in [0.3, 0.4) is 0 Å². The summed E-state index contributed by atoms with van der Waals surface area (Å²) >= 11 is 0. The van der Waals surface area contributed by atoms with E-state index in [4.69, 9.17) is 24.2 Å². The first-order valence-corrected chi connectivity index (χ1v) is 13.3. The lowest BCUT2D eigenvalue weighted by Gasteiger charge is -2.40. The number of benzene rings is 3. The van der Waals surface area contributed by atoms with Crippen LogP contribution in [0.5, 0.6) is 23.0 Å². The van der Waals surface area contributed by atoms with Gasteiger partial charge >= 0.3 is 6.03 Å². The van der Waals surface area contributed by atoms with E-state index in [0.717, 1.165) is 34.1 Å². The molecular formula is C29H26N6O5. The van der Waals surface area contributed by atoms with Crippen molar-refractivity contribution in [2.45, 2.75) is 6.04 Å². The van der Waals surface area contributed by atoms with Crippen LogP contribution in [0.4, 0.5) is 4.79 Å². The van der Waals surface area contributed by atoms with Gasteiger partial charge in [0, 0.05) is 26.2 Å². The number of aromatic nitrogens is 3. The van der Waals surface area contributed by atoms with Gasteiger partial charge in [0.25, 0.3) is 0 Å². The molecule has 0 unspecified atom stereocenters. The Kier molecular flexibility index (Phi) is 6.09. The highest BCUT2D eigenvalue weighted by Crippen LogP contribution is 2.40. The van der Waals surface area contributed by atoms with Crippen molar-refractivity contribution in [3.05, 3.63) is 71.3 Å². The Morgan fingerprint density at radius 3 is 1.98 bits per heavy atom. The smallest absolute Gasteiger partial charge is 0.346 e. The number of hydrogen-bond donors (Lipinski definition) is 0. The minimum absolute atomic E-state index is 0.0968. The van der Waals surface area contributed by atoms with Crippen LogP contribution in [-0.2, 0) is 0 Å². The van der Waals surface area contributed by atoms with Crippen molar-refractivity contribution in [2.75, 3.05) is 52.6 Å². The molecular weight excluding hydrogens is 512 g/mol. The fourth-order valence-electron chi connectivity index (χ4n) is 5.51. The number of carbonyl (C=O) groups excluding carboxylic acids is 1. The van der Waals surface area contributed by atoms with E-state index in [9.17, 15) is 4.79 Å². The van der Waals surface area contributed by atoms with Crippen LogP contribution in [0.25, 0.3) is 11.0 Å². The molecule has 3 aliphatic rings. The van der Waals surface area contributed by atoms with Gasteiger partial charge in [-0.05, 0) is 53.6 Å². The van der Waals surface area contributed by atoms with E-state index >= 15 is 0 Å². The summed E-state index contributed by atoms with van der Waals surface area (Å²) in [5, 5.41) is 17.3. The van der Waals surface area contributed by atoms with Gasteiger partial charge in [0.1, 0.15) is 31.9 Å². The maximum absolute atomic E-state index is 13.4. The predicted molar refractivity (Wildman–Crippen MR) is 143 cm³/mol. The highest BCUT2D eigenvalue weighted by Gasteiger charge is 2.31. The Bertz CT molecular complexity index is 1580. The van der Waals surface area contributed by atoms with Gasteiger partial charge in [-0.25, -0.2) is 4.79 Å². The van der Waals surface area contributed by atoms with Crippen LogP contribution < -0.4 is 18.9 Å². The minimum Gasteiger partial charge on any atom is -0.486 e. The zero-order valence-electron chi connectivity index (χ0n) is 21.7. The molecule has 0 N–H and O–H groups in total. The first-order chi connectivity index (χ1) is 19.7. The van der Waals surface area contributed by atoms with Gasteiger partial charge in [-0.15, -0.1) is 5.10 Å². The second kappa shape index (κ2) is 10.1. The van der Waals surface area contributed by atoms with Crippen LogP contribution in [0.2, 0.25) is 0 Å². The first kappa shape index (κ1) is 24.2. The van der Waals surface area contributed by atoms with Gasteiger partial charge in [0.2, 0.25) is 0 Å². The van der Waals surface area contributed by atoms with E-state index in [1.54, 1.807) is 23.1 Å². The third-order valence-corrected chi connectivity index (χ3v) is 7.47. The van der Waals surface area contributed by atoms with E-state index in [2.05, 4.69) is 33.4 Å². The summed E-state index contributed by atoms with van der Waals surface area (Å²) in [6.45, 7) is 4.42. The van der Waals surface area contributed by atoms with Gasteiger partial charge in [-0.3, -0.25) is 4.90 Å². The molecule has 0 radical (unpaired) electrons. The van der Waals surface area contributed by atoms with Gasteiger partial charge in [-0.2, -0.15) is 9.94 Å². The summed E-state index contributed by atoms with van der Waals surface area (Å²) in [5.74, 6) is 2.96. The molecule has 0 bridgehead atoms. The largest absolute Gasteiger partial charge is 0.486 e. The lowest BCUT2D eigenvalue weighted by molar-refractivity contribution is 0.119. The molecule has 1 fully saturated rings. The molecule has 0 atom stereocenters. The van der Waals surface area contributed by atoms with Gasteiger partial charge in [-0.1, -0.05) is 17.3 Å². The molecule has 11 nitrogen and oxygen atoms in total. The summed E-state index contributed by atoms with van der Waals surface area (Å²) in [6.07, 6.45) is 0. The summed E-state index contributed by atoms with van der Waals surface area (Å²) < 4.78 is 24.6. The summed E-state index contributed by atoms with van der Waals surface area (Å²) in [4.78, 5) is 17.6. The van der Waals surface area contributed by atoms with Gasteiger partial charge in [0.15, 0.2) is 23.0 Å². The zero-order chi connectivity index (χ0) is 27.1. The number of hydrogen-bond acceptors (Lipinski definition) is 9. The molecule has 0 aliphatic carbocycles. The van der Waals surface area contributed by atoms with Crippen LogP contribution in [0.1, 0.15) is 22.7 Å². The molecule has 3 aliphatic heterocycles. The Labute approximate surface area is 230 Å². The lowest BCUT2D eigenvalue weighted by atomic mass is 9.95. The molecule has 1 saturated heterocycles. The van der Waals surface area contributed by atoms with E-state index < -0.39 is 0 Å². The SMILES string of the molecule is N#Cc1ccc2c(c1)nnn2C(=O)N1CCN(C(c2ccc3c(c2)OCCO3)c2ccc3c(c2)OCCO3)CC1. The molecule has 0 saturated carbocycles. The molecule has 202 valence electrons. The van der Waals surface area contributed by atoms with Crippen molar-refractivity contribution in [1.29, 1.82) is 5.26 Å². The van der Waals surface area contributed by atoms with Crippen molar-refractivity contribution in [3.63, 3.8) is 0 Å². The van der Waals surface area contributed by atoms with Crippen molar-refractivity contribution in [3.8, 4) is 29.1 Å². The van der Waals surface area contributed by atoms with E-state index in [-0.39, 0.29) is 12.1 Å². The quantitative estimate of drug-likeness (QED) is 0.388. The number of nitriles is 1. The van der Waals surface area contributed by atoms with E-state index in [1.807, 2.05) is 24.3 Å². The summed E-state index contributed by atoms with van der Waals surface area (Å²) in [6, 6.07) is 18.9. The molecule has 7 rings (SSSR count). The van der Waals surface area contributed by atoms with Crippen LogP contribution in [0.15, 0.2) is 54.6 Å². The highest BCUT2D eigenvalue weighted by atomic mass is 16.6. The van der Waals surface area contributed by atoms with Crippen molar-refractivity contribution < 1.29 is 23.7 Å². The molecule has 11 heteroatoms. The van der Waals surface area contributed by atoms with Crippen molar-refractivity contribution in [2.24, 2.45) is 0 Å². The van der Waals surface area contributed by atoms with Gasteiger partial charge < -0.3 is 23.8 Å². The lowest BCUT2D eigenvalue weighted by Crippen LogP contribution is -2.51.